The summed E-state index contributed by atoms with van der Waals surface area (Å²) in [6.07, 6.45) is 3.46. The van der Waals surface area contributed by atoms with E-state index in [1.807, 2.05) is 12.1 Å². The smallest absolute Gasteiger partial charge is 0.232 e. The van der Waals surface area contributed by atoms with E-state index in [-0.39, 0.29) is 11.5 Å². The van der Waals surface area contributed by atoms with Gasteiger partial charge in [0.25, 0.3) is 0 Å². The van der Waals surface area contributed by atoms with Crippen molar-refractivity contribution < 1.29 is 13.2 Å². The van der Waals surface area contributed by atoms with Gasteiger partial charge in [-0.2, -0.15) is 0 Å². The second-order valence-electron chi connectivity index (χ2n) is 7.78. The molecule has 2 aromatic carbocycles. The average molecular weight is 449 g/mol. The van der Waals surface area contributed by atoms with Crippen LogP contribution < -0.4 is 4.72 Å². The molecule has 0 aliphatic carbocycles. The van der Waals surface area contributed by atoms with E-state index in [4.69, 9.17) is 11.6 Å². The molecule has 0 radical (unpaired) electrons. The highest BCUT2D eigenvalue weighted by molar-refractivity contribution is 7.92. The fraction of sp³-hybridized carbons (Fsp3) is 0.435. The Morgan fingerprint density at radius 1 is 1.13 bits per heavy atom. The summed E-state index contributed by atoms with van der Waals surface area (Å²) in [5.41, 5.74) is 2.54. The zero-order valence-corrected chi connectivity index (χ0v) is 18.9. The number of anilines is 1. The van der Waals surface area contributed by atoms with E-state index in [2.05, 4.69) is 15.7 Å². The molecule has 7 heteroatoms. The topological polar surface area (TPSA) is 66.5 Å². The minimum absolute atomic E-state index is 0.0656. The summed E-state index contributed by atoms with van der Waals surface area (Å²) in [7, 11) is -3.26. The Balaban J connectivity index is 1.45. The SMILES string of the molecule is CCS(=O)(=O)Nc1cccc(C2CCN(CCCC(=O)c3ccc(Cl)cc3)CC2)c1. The standard InChI is InChI=1S/C23H29ClN2O3S/c1-2-30(28,29)25-22-6-3-5-20(17-22)18-12-15-26(16-13-18)14-4-7-23(27)19-8-10-21(24)11-9-19/h3,5-6,8-11,17-18,25H,2,4,7,12-16H2,1H3. The second-order valence-corrected chi connectivity index (χ2v) is 10.2. The Hall–Kier alpha value is -1.89. The van der Waals surface area contributed by atoms with Crippen LogP contribution in [0.1, 0.15) is 54.4 Å². The van der Waals surface area contributed by atoms with Crippen molar-refractivity contribution in [2.24, 2.45) is 0 Å². The maximum absolute atomic E-state index is 12.3. The van der Waals surface area contributed by atoms with E-state index in [9.17, 15) is 13.2 Å². The summed E-state index contributed by atoms with van der Waals surface area (Å²) in [5, 5.41) is 0.641. The van der Waals surface area contributed by atoms with Crippen LogP contribution in [-0.4, -0.2) is 44.5 Å². The van der Waals surface area contributed by atoms with Gasteiger partial charge >= 0.3 is 0 Å². The highest BCUT2D eigenvalue weighted by Crippen LogP contribution is 2.30. The number of likely N-dealkylation sites (tertiary alicyclic amines) is 1. The van der Waals surface area contributed by atoms with Gasteiger partial charge in [-0.1, -0.05) is 23.7 Å². The molecular formula is C23H29ClN2O3S. The van der Waals surface area contributed by atoms with Crippen LogP contribution in [0.15, 0.2) is 48.5 Å². The molecule has 1 aliphatic rings. The summed E-state index contributed by atoms with van der Waals surface area (Å²) < 4.78 is 26.2. The number of nitrogens with one attached hydrogen (secondary N) is 1. The van der Waals surface area contributed by atoms with Crippen molar-refractivity contribution in [1.82, 2.24) is 4.90 Å². The van der Waals surface area contributed by atoms with E-state index in [1.165, 1.54) is 5.56 Å². The third-order valence-corrected chi connectivity index (χ3v) is 7.20. The number of benzene rings is 2. The van der Waals surface area contributed by atoms with Gasteiger partial charge in [0.05, 0.1) is 5.75 Å². The molecule has 0 unspecified atom stereocenters. The molecule has 3 rings (SSSR count). The second kappa shape index (κ2) is 10.4. The summed E-state index contributed by atoms with van der Waals surface area (Å²) in [6.45, 7) is 4.53. The lowest BCUT2D eigenvalue weighted by molar-refractivity contribution is 0.0972. The van der Waals surface area contributed by atoms with Gasteiger partial charge in [-0.15, -0.1) is 0 Å². The van der Waals surface area contributed by atoms with E-state index in [0.29, 0.717) is 23.0 Å². The molecule has 1 heterocycles. The first kappa shape index (κ1) is 22.8. The molecule has 0 atom stereocenters. The van der Waals surface area contributed by atoms with Crippen molar-refractivity contribution in [1.29, 1.82) is 0 Å². The number of ketones is 1. The van der Waals surface area contributed by atoms with Gasteiger partial charge < -0.3 is 4.90 Å². The quantitative estimate of drug-likeness (QED) is 0.551. The fourth-order valence-corrected chi connectivity index (χ4v) is 4.60. The van der Waals surface area contributed by atoms with Crippen LogP contribution in [0.3, 0.4) is 0 Å². The number of piperidine rings is 1. The molecule has 30 heavy (non-hydrogen) atoms. The van der Waals surface area contributed by atoms with Gasteiger partial charge in [-0.05, 0) is 93.7 Å². The lowest BCUT2D eigenvalue weighted by Gasteiger charge is -2.32. The molecule has 1 fully saturated rings. The van der Waals surface area contributed by atoms with Crippen molar-refractivity contribution in [2.75, 3.05) is 30.1 Å². The van der Waals surface area contributed by atoms with Crippen molar-refractivity contribution >= 4 is 33.1 Å². The zero-order valence-electron chi connectivity index (χ0n) is 17.3. The van der Waals surface area contributed by atoms with Crippen molar-refractivity contribution in [2.45, 2.75) is 38.5 Å². The Labute approximate surface area is 184 Å². The third-order valence-electron chi connectivity index (χ3n) is 5.64. The van der Waals surface area contributed by atoms with Gasteiger partial charge in [-0.3, -0.25) is 9.52 Å². The molecule has 0 bridgehead atoms. The zero-order chi connectivity index (χ0) is 21.6. The van der Waals surface area contributed by atoms with Crippen molar-refractivity contribution in [3.8, 4) is 0 Å². The van der Waals surface area contributed by atoms with Crippen LogP contribution >= 0.6 is 11.6 Å². The van der Waals surface area contributed by atoms with Crippen LogP contribution in [0.25, 0.3) is 0 Å². The molecule has 1 N–H and O–H groups in total. The maximum atomic E-state index is 12.3. The Morgan fingerprint density at radius 3 is 2.50 bits per heavy atom. The van der Waals surface area contributed by atoms with Crippen LogP contribution in [0.5, 0.6) is 0 Å². The van der Waals surface area contributed by atoms with E-state index in [0.717, 1.165) is 44.5 Å². The number of sulfonamides is 1. The molecule has 0 amide bonds. The van der Waals surface area contributed by atoms with Crippen LogP contribution in [0.4, 0.5) is 5.69 Å². The van der Waals surface area contributed by atoms with E-state index < -0.39 is 10.0 Å². The predicted molar refractivity (Wildman–Crippen MR) is 123 cm³/mol. The monoisotopic (exact) mass is 448 g/mol. The van der Waals surface area contributed by atoms with Crippen LogP contribution in [0, 0.1) is 0 Å². The Bertz CT molecular complexity index is 953. The van der Waals surface area contributed by atoms with Crippen molar-refractivity contribution in [3.63, 3.8) is 0 Å². The van der Waals surface area contributed by atoms with E-state index in [1.54, 1.807) is 37.3 Å². The number of Topliss-reactive ketones (excluding diaryl/α,β-unsaturated/α-hetero) is 1. The minimum atomic E-state index is -3.26. The summed E-state index contributed by atoms with van der Waals surface area (Å²) in [5.74, 6) is 0.659. The maximum Gasteiger partial charge on any atom is 0.232 e. The molecule has 0 aromatic heterocycles. The van der Waals surface area contributed by atoms with Crippen molar-refractivity contribution in [3.05, 3.63) is 64.7 Å². The summed E-state index contributed by atoms with van der Waals surface area (Å²) in [4.78, 5) is 14.7. The number of rotatable bonds is 9. The highest BCUT2D eigenvalue weighted by atomic mass is 35.5. The predicted octanol–water partition coefficient (Wildman–Crippen LogP) is 4.94. The Kier molecular flexibility index (Phi) is 7.92. The minimum Gasteiger partial charge on any atom is -0.303 e. The largest absolute Gasteiger partial charge is 0.303 e. The first-order valence-corrected chi connectivity index (χ1v) is 12.5. The fourth-order valence-electron chi connectivity index (χ4n) is 3.84. The first-order chi connectivity index (χ1) is 14.4. The lowest BCUT2D eigenvalue weighted by Crippen LogP contribution is -2.33. The number of nitrogens with zero attached hydrogens (tertiary/aromatic N) is 1. The molecule has 0 saturated carbocycles. The lowest BCUT2D eigenvalue weighted by atomic mass is 9.89. The molecule has 162 valence electrons. The molecule has 0 spiro atoms. The first-order valence-electron chi connectivity index (χ1n) is 10.5. The summed E-state index contributed by atoms with van der Waals surface area (Å²) >= 11 is 5.87. The highest BCUT2D eigenvalue weighted by Gasteiger charge is 2.21. The number of hydrogen-bond acceptors (Lipinski definition) is 4. The number of hydrogen-bond donors (Lipinski definition) is 1. The van der Waals surface area contributed by atoms with Crippen LogP contribution in [0.2, 0.25) is 5.02 Å². The molecule has 1 aliphatic heterocycles. The Morgan fingerprint density at radius 2 is 1.83 bits per heavy atom. The third kappa shape index (κ3) is 6.56. The van der Waals surface area contributed by atoms with Gasteiger partial charge in [0.2, 0.25) is 10.0 Å². The average Bonchev–Trinajstić information content (AvgIpc) is 2.74. The number of halogens is 1. The molecule has 2 aromatic rings. The van der Waals surface area contributed by atoms with Gasteiger partial charge in [0.1, 0.15) is 0 Å². The number of carbonyl (C=O) groups excluding carboxylic acids is 1. The van der Waals surface area contributed by atoms with Gasteiger partial charge in [0, 0.05) is 22.7 Å². The summed E-state index contributed by atoms with van der Waals surface area (Å²) in [6, 6.07) is 14.8. The number of carbonyl (C=O) groups is 1. The van der Waals surface area contributed by atoms with E-state index >= 15 is 0 Å². The molecular weight excluding hydrogens is 420 g/mol. The normalized spacial score (nSPS) is 15.8. The van der Waals surface area contributed by atoms with Crippen LogP contribution in [-0.2, 0) is 10.0 Å². The molecule has 1 saturated heterocycles. The van der Waals surface area contributed by atoms with Gasteiger partial charge in [0.15, 0.2) is 5.78 Å². The molecule has 5 nitrogen and oxygen atoms in total. The van der Waals surface area contributed by atoms with Gasteiger partial charge in [-0.25, -0.2) is 8.42 Å².